The zero-order valence-corrected chi connectivity index (χ0v) is 15.4. The fourth-order valence-electron chi connectivity index (χ4n) is 2.82. The number of amides is 1. The predicted octanol–water partition coefficient (Wildman–Crippen LogP) is 0.0918. The molecular formula is C19H23BN2O6. The Kier molecular flexibility index (Phi) is 7.56. The van der Waals surface area contributed by atoms with E-state index in [9.17, 15) is 24.7 Å². The molecular weight excluding hydrogens is 363 g/mol. The van der Waals surface area contributed by atoms with Crippen molar-refractivity contribution in [1.29, 1.82) is 0 Å². The van der Waals surface area contributed by atoms with Gasteiger partial charge >= 0.3 is 13.1 Å². The summed E-state index contributed by atoms with van der Waals surface area (Å²) in [6.07, 6.45) is -0.0956. The van der Waals surface area contributed by atoms with E-state index in [4.69, 9.17) is 5.11 Å². The minimum atomic E-state index is -1.88. The lowest BCUT2D eigenvalue weighted by Crippen LogP contribution is -2.48. The number of aromatic carboxylic acids is 1. The monoisotopic (exact) mass is 386 g/mol. The van der Waals surface area contributed by atoms with Crippen molar-refractivity contribution in [3.8, 4) is 5.75 Å². The van der Waals surface area contributed by atoms with E-state index in [1.807, 2.05) is 31.3 Å². The lowest BCUT2D eigenvalue weighted by Gasteiger charge is -2.19. The Balaban J connectivity index is 2.05. The maximum Gasteiger partial charge on any atom is 0.475 e. The number of carbonyl (C=O) groups excluding carboxylic acids is 1. The Morgan fingerprint density at radius 1 is 1.07 bits per heavy atom. The van der Waals surface area contributed by atoms with Crippen molar-refractivity contribution in [1.82, 2.24) is 10.6 Å². The van der Waals surface area contributed by atoms with Crippen LogP contribution in [0.5, 0.6) is 5.75 Å². The largest absolute Gasteiger partial charge is 0.507 e. The zero-order valence-electron chi connectivity index (χ0n) is 15.4. The molecule has 1 atom stereocenters. The second-order valence-electron chi connectivity index (χ2n) is 6.43. The van der Waals surface area contributed by atoms with E-state index in [1.54, 1.807) is 0 Å². The van der Waals surface area contributed by atoms with Crippen molar-refractivity contribution in [3.63, 3.8) is 0 Å². The van der Waals surface area contributed by atoms with Crippen LogP contribution < -0.4 is 10.6 Å². The molecule has 0 bridgehead atoms. The average Bonchev–Trinajstić information content (AvgIpc) is 2.64. The predicted molar refractivity (Wildman–Crippen MR) is 104 cm³/mol. The molecule has 148 valence electrons. The van der Waals surface area contributed by atoms with Gasteiger partial charge in [0.05, 0.1) is 12.4 Å². The third-order valence-corrected chi connectivity index (χ3v) is 4.26. The van der Waals surface area contributed by atoms with Crippen LogP contribution in [0.1, 0.15) is 27.0 Å². The summed E-state index contributed by atoms with van der Waals surface area (Å²) in [5.41, 5.74) is 1.73. The van der Waals surface area contributed by atoms with Crippen LogP contribution in [0, 0.1) is 0 Å². The summed E-state index contributed by atoms with van der Waals surface area (Å²) in [7, 11) is -0.0408. The summed E-state index contributed by atoms with van der Waals surface area (Å²) >= 11 is 0. The smallest absolute Gasteiger partial charge is 0.475 e. The molecule has 0 unspecified atom stereocenters. The molecule has 2 aromatic rings. The number of para-hydroxylation sites is 1. The molecule has 0 aliphatic heterocycles. The van der Waals surface area contributed by atoms with E-state index in [0.29, 0.717) is 6.54 Å². The topological polar surface area (TPSA) is 139 Å². The van der Waals surface area contributed by atoms with Crippen LogP contribution in [0.15, 0.2) is 42.5 Å². The first kappa shape index (κ1) is 21.4. The van der Waals surface area contributed by atoms with Crippen molar-refractivity contribution in [2.45, 2.75) is 25.3 Å². The number of hydrogen-bond donors (Lipinski definition) is 6. The number of carboxylic acid groups (broad SMARTS) is 1. The highest BCUT2D eigenvalue weighted by atomic mass is 16.4. The van der Waals surface area contributed by atoms with Gasteiger partial charge in [-0.3, -0.25) is 4.79 Å². The molecule has 1 amide bonds. The molecule has 28 heavy (non-hydrogen) atoms. The number of carbonyl (C=O) groups is 2. The van der Waals surface area contributed by atoms with Crippen LogP contribution in [-0.4, -0.2) is 52.2 Å². The molecule has 0 aliphatic rings. The Labute approximate surface area is 163 Å². The minimum absolute atomic E-state index is 0.0458. The second kappa shape index (κ2) is 9.89. The fraction of sp³-hybridized carbons (Fsp3) is 0.263. The van der Waals surface area contributed by atoms with Crippen molar-refractivity contribution in [2.24, 2.45) is 0 Å². The van der Waals surface area contributed by atoms with Crippen LogP contribution in [-0.2, 0) is 24.2 Å². The first-order chi connectivity index (χ1) is 13.3. The van der Waals surface area contributed by atoms with Gasteiger partial charge in [-0.25, -0.2) is 4.79 Å². The number of aromatic hydroxyl groups is 1. The molecule has 2 rings (SSSR count). The molecule has 0 saturated heterocycles. The van der Waals surface area contributed by atoms with E-state index in [1.165, 1.54) is 18.2 Å². The van der Waals surface area contributed by atoms with Crippen molar-refractivity contribution >= 4 is 19.0 Å². The highest BCUT2D eigenvalue weighted by Crippen LogP contribution is 2.24. The van der Waals surface area contributed by atoms with Crippen LogP contribution in [0.25, 0.3) is 0 Å². The molecule has 0 radical (unpaired) electrons. The van der Waals surface area contributed by atoms with E-state index in [0.717, 1.165) is 11.1 Å². The fourth-order valence-corrected chi connectivity index (χ4v) is 2.82. The molecule has 6 N–H and O–H groups in total. The quantitative estimate of drug-likeness (QED) is 0.336. The summed E-state index contributed by atoms with van der Waals surface area (Å²) in [6, 6.07) is 11.6. The maximum absolute atomic E-state index is 12.3. The van der Waals surface area contributed by atoms with E-state index in [-0.39, 0.29) is 24.0 Å². The molecule has 0 fully saturated rings. The van der Waals surface area contributed by atoms with Crippen LogP contribution in [0.3, 0.4) is 0 Å². The molecule has 0 aromatic heterocycles. The van der Waals surface area contributed by atoms with Gasteiger partial charge in [-0.05, 0) is 36.2 Å². The Morgan fingerprint density at radius 3 is 2.29 bits per heavy atom. The van der Waals surface area contributed by atoms with Gasteiger partial charge in [-0.15, -0.1) is 0 Å². The third kappa shape index (κ3) is 5.81. The normalized spacial score (nSPS) is 11.7. The molecule has 0 saturated carbocycles. The van der Waals surface area contributed by atoms with Crippen LogP contribution >= 0.6 is 0 Å². The van der Waals surface area contributed by atoms with Crippen LogP contribution in [0.4, 0.5) is 0 Å². The van der Waals surface area contributed by atoms with Crippen molar-refractivity contribution in [3.05, 3.63) is 64.7 Å². The number of phenols is 1. The summed E-state index contributed by atoms with van der Waals surface area (Å²) in [5, 5.41) is 43.9. The highest BCUT2D eigenvalue weighted by molar-refractivity contribution is 6.43. The Bertz CT molecular complexity index is 826. The number of hydrogen-bond acceptors (Lipinski definition) is 6. The molecule has 0 aliphatic carbocycles. The standard InChI is InChI=1S/C19H23BN2O6/c1-21-11-13-7-5-12(6-8-13)9-17(23)22-16(20(27)28)10-14-3-2-4-15(18(14)24)19(25)26/h2-8,16,21,24,27-28H,9-11H2,1H3,(H,22,23)(H,25,26)/t16-/m0/s1. The van der Waals surface area contributed by atoms with Gasteiger partial charge in [-0.1, -0.05) is 36.4 Å². The second-order valence-corrected chi connectivity index (χ2v) is 6.43. The maximum atomic E-state index is 12.3. The van der Waals surface area contributed by atoms with Gasteiger partial charge in [0, 0.05) is 6.54 Å². The first-order valence-corrected chi connectivity index (χ1v) is 8.74. The molecule has 0 spiro atoms. The number of nitrogens with one attached hydrogen (secondary N) is 2. The van der Waals surface area contributed by atoms with Crippen molar-refractivity contribution < 1.29 is 29.9 Å². The zero-order chi connectivity index (χ0) is 20.7. The Hall–Kier alpha value is -2.88. The van der Waals surface area contributed by atoms with Gasteiger partial charge in [0.2, 0.25) is 5.91 Å². The minimum Gasteiger partial charge on any atom is -0.507 e. The van der Waals surface area contributed by atoms with E-state index < -0.39 is 30.7 Å². The summed E-state index contributed by atoms with van der Waals surface area (Å²) < 4.78 is 0. The molecule has 2 aromatic carbocycles. The average molecular weight is 386 g/mol. The summed E-state index contributed by atoms with van der Waals surface area (Å²) in [5.74, 6) is -3.29. The van der Waals surface area contributed by atoms with Gasteiger partial charge in [0.25, 0.3) is 0 Å². The first-order valence-electron chi connectivity index (χ1n) is 8.74. The lowest BCUT2D eigenvalue weighted by atomic mass is 9.75. The highest BCUT2D eigenvalue weighted by Gasteiger charge is 2.27. The Morgan fingerprint density at radius 2 is 1.71 bits per heavy atom. The number of rotatable bonds is 9. The summed E-state index contributed by atoms with van der Waals surface area (Å²) in [6.45, 7) is 0.712. The van der Waals surface area contributed by atoms with Crippen LogP contribution in [0.2, 0.25) is 0 Å². The number of carboxylic acids is 1. The summed E-state index contributed by atoms with van der Waals surface area (Å²) in [4.78, 5) is 23.4. The molecule has 9 heteroatoms. The van der Waals surface area contributed by atoms with Crippen molar-refractivity contribution in [2.75, 3.05) is 7.05 Å². The van der Waals surface area contributed by atoms with E-state index >= 15 is 0 Å². The van der Waals surface area contributed by atoms with Gasteiger partial charge in [0.1, 0.15) is 11.3 Å². The molecule has 8 nitrogen and oxygen atoms in total. The van der Waals surface area contributed by atoms with E-state index in [2.05, 4.69) is 10.6 Å². The van der Waals surface area contributed by atoms with Gasteiger partial charge < -0.3 is 30.9 Å². The van der Waals surface area contributed by atoms with Gasteiger partial charge in [0.15, 0.2) is 0 Å². The number of benzene rings is 2. The molecule has 0 heterocycles. The van der Waals surface area contributed by atoms with Gasteiger partial charge in [-0.2, -0.15) is 0 Å². The third-order valence-electron chi connectivity index (χ3n) is 4.26. The lowest BCUT2D eigenvalue weighted by molar-refractivity contribution is -0.120. The SMILES string of the molecule is CNCc1ccc(CC(=O)N[C@@H](Cc2cccc(C(=O)O)c2O)B(O)O)cc1.